The van der Waals surface area contributed by atoms with Gasteiger partial charge in [-0.05, 0) is 40.8 Å². The number of hydrogen-bond acceptors (Lipinski definition) is 4. The number of rotatable bonds is 8. The maximum Gasteiger partial charge on any atom is 0.387 e. The smallest absolute Gasteiger partial charge is 0.387 e. The second-order valence-corrected chi connectivity index (χ2v) is 7.20. The molecule has 0 fully saturated rings. The molecule has 2 aromatic rings. The Hall–Kier alpha value is -2.83. The number of amides is 1. The van der Waals surface area contributed by atoms with E-state index in [1.54, 1.807) is 6.07 Å². The summed E-state index contributed by atoms with van der Waals surface area (Å²) in [7, 11) is 1.36. The van der Waals surface area contributed by atoms with Gasteiger partial charge in [-0.25, -0.2) is 0 Å². The van der Waals surface area contributed by atoms with E-state index >= 15 is 0 Å². The van der Waals surface area contributed by atoms with E-state index in [-0.39, 0.29) is 36.0 Å². The molecule has 0 spiro atoms. The second kappa shape index (κ2) is 9.39. The highest BCUT2D eigenvalue weighted by molar-refractivity contribution is 5.77. The molecule has 7 heteroatoms. The molecule has 0 atom stereocenters. The van der Waals surface area contributed by atoms with Crippen LogP contribution in [0.2, 0.25) is 0 Å². The molecule has 0 unspecified atom stereocenters. The first-order chi connectivity index (χ1) is 13.2. The standard InChI is InChI=1S/C21H25F2NO4/c1-21(2,3)15-6-8-16(9-7-15)27-13-19(25)24-12-14-5-10-17(28-20(22)23)18(11-14)26-4/h5-11,20H,12-13H2,1-4H3,(H,24,25). The molecule has 1 amide bonds. The Bertz CT molecular complexity index is 786. The van der Waals surface area contributed by atoms with Gasteiger partial charge in [0.2, 0.25) is 0 Å². The molecule has 5 nitrogen and oxygen atoms in total. The number of hydrogen-bond donors (Lipinski definition) is 1. The third-order valence-corrected chi connectivity index (χ3v) is 4.02. The summed E-state index contributed by atoms with van der Waals surface area (Å²) in [5.41, 5.74) is 1.91. The average Bonchev–Trinajstić information content (AvgIpc) is 2.64. The highest BCUT2D eigenvalue weighted by atomic mass is 19.3. The van der Waals surface area contributed by atoms with E-state index in [1.807, 2.05) is 24.3 Å². The van der Waals surface area contributed by atoms with Crippen LogP contribution in [0.25, 0.3) is 0 Å². The number of carbonyl (C=O) groups is 1. The summed E-state index contributed by atoms with van der Waals surface area (Å²) < 4.78 is 39.6. The molecule has 0 radical (unpaired) electrons. The van der Waals surface area contributed by atoms with Crippen LogP contribution >= 0.6 is 0 Å². The van der Waals surface area contributed by atoms with Gasteiger partial charge in [0.1, 0.15) is 5.75 Å². The topological polar surface area (TPSA) is 56.8 Å². The number of alkyl halides is 2. The van der Waals surface area contributed by atoms with E-state index in [1.165, 1.54) is 24.8 Å². The van der Waals surface area contributed by atoms with Crippen molar-refractivity contribution in [2.45, 2.75) is 39.3 Å². The predicted octanol–water partition coefficient (Wildman–Crippen LogP) is 4.29. The second-order valence-electron chi connectivity index (χ2n) is 7.20. The minimum absolute atomic E-state index is 0.0485. The maximum absolute atomic E-state index is 12.3. The van der Waals surface area contributed by atoms with Gasteiger partial charge in [-0.15, -0.1) is 0 Å². The SMILES string of the molecule is COc1cc(CNC(=O)COc2ccc(C(C)(C)C)cc2)ccc1OC(F)F. The summed E-state index contributed by atoms with van der Waals surface area (Å²) >= 11 is 0. The Labute approximate surface area is 163 Å². The average molecular weight is 393 g/mol. The van der Waals surface area contributed by atoms with Crippen LogP contribution in [-0.2, 0) is 16.8 Å². The molecule has 0 aliphatic heterocycles. The number of methoxy groups -OCH3 is 1. The fraction of sp³-hybridized carbons (Fsp3) is 0.381. The minimum atomic E-state index is -2.94. The quantitative estimate of drug-likeness (QED) is 0.727. The van der Waals surface area contributed by atoms with Crippen molar-refractivity contribution < 1.29 is 27.8 Å². The van der Waals surface area contributed by atoms with Crippen molar-refractivity contribution in [3.63, 3.8) is 0 Å². The molecule has 2 rings (SSSR count). The van der Waals surface area contributed by atoms with Crippen LogP contribution in [0.4, 0.5) is 8.78 Å². The van der Waals surface area contributed by atoms with Crippen molar-refractivity contribution in [2.75, 3.05) is 13.7 Å². The Kier molecular flexibility index (Phi) is 7.20. The van der Waals surface area contributed by atoms with Crippen molar-refractivity contribution in [1.29, 1.82) is 0 Å². The van der Waals surface area contributed by atoms with E-state index in [2.05, 4.69) is 30.8 Å². The Morgan fingerprint density at radius 3 is 2.32 bits per heavy atom. The van der Waals surface area contributed by atoms with Crippen LogP contribution in [0.5, 0.6) is 17.2 Å². The molecule has 0 bridgehead atoms. The third-order valence-electron chi connectivity index (χ3n) is 4.02. The van der Waals surface area contributed by atoms with E-state index < -0.39 is 6.61 Å². The summed E-state index contributed by atoms with van der Waals surface area (Å²) in [6.07, 6.45) is 0. The van der Waals surface area contributed by atoms with Crippen LogP contribution in [0, 0.1) is 0 Å². The summed E-state index contributed by atoms with van der Waals surface area (Å²) in [4.78, 5) is 12.0. The van der Waals surface area contributed by atoms with Crippen LogP contribution in [0.15, 0.2) is 42.5 Å². The molecule has 0 aliphatic carbocycles. The van der Waals surface area contributed by atoms with E-state index in [0.29, 0.717) is 11.3 Å². The van der Waals surface area contributed by atoms with Gasteiger partial charge in [-0.1, -0.05) is 39.0 Å². The molecule has 0 aliphatic rings. The molecular formula is C21H25F2NO4. The predicted molar refractivity (Wildman–Crippen MR) is 102 cm³/mol. The first-order valence-corrected chi connectivity index (χ1v) is 8.81. The number of nitrogens with one attached hydrogen (secondary N) is 1. The number of halogens is 2. The van der Waals surface area contributed by atoms with Crippen molar-refractivity contribution in [2.24, 2.45) is 0 Å². The van der Waals surface area contributed by atoms with Crippen molar-refractivity contribution in [1.82, 2.24) is 5.32 Å². The monoisotopic (exact) mass is 393 g/mol. The van der Waals surface area contributed by atoms with Gasteiger partial charge in [0.25, 0.3) is 5.91 Å². The zero-order chi connectivity index (χ0) is 20.7. The zero-order valence-corrected chi connectivity index (χ0v) is 16.4. The fourth-order valence-corrected chi connectivity index (χ4v) is 2.47. The Morgan fingerprint density at radius 2 is 1.75 bits per heavy atom. The molecule has 0 saturated carbocycles. The molecule has 28 heavy (non-hydrogen) atoms. The van der Waals surface area contributed by atoms with E-state index in [0.717, 1.165) is 0 Å². The van der Waals surface area contributed by atoms with Gasteiger partial charge in [-0.2, -0.15) is 8.78 Å². The lowest BCUT2D eigenvalue weighted by Crippen LogP contribution is -2.28. The summed E-state index contributed by atoms with van der Waals surface area (Å²) in [5.74, 6) is 0.418. The van der Waals surface area contributed by atoms with Crippen LogP contribution in [-0.4, -0.2) is 26.2 Å². The number of carbonyl (C=O) groups excluding carboxylic acids is 1. The van der Waals surface area contributed by atoms with Gasteiger partial charge < -0.3 is 19.5 Å². The lowest BCUT2D eigenvalue weighted by molar-refractivity contribution is -0.123. The van der Waals surface area contributed by atoms with Gasteiger partial charge in [0, 0.05) is 6.54 Å². The van der Waals surface area contributed by atoms with E-state index in [9.17, 15) is 13.6 Å². The van der Waals surface area contributed by atoms with Crippen molar-refractivity contribution in [3.05, 3.63) is 53.6 Å². The summed E-state index contributed by atoms with van der Waals surface area (Å²) in [5, 5.41) is 2.71. The fourth-order valence-electron chi connectivity index (χ4n) is 2.47. The summed E-state index contributed by atoms with van der Waals surface area (Å²) in [6, 6.07) is 12.1. The largest absolute Gasteiger partial charge is 0.493 e. The van der Waals surface area contributed by atoms with Crippen molar-refractivity contribution in [3.8, 4) is 17.2 Å². The highest BCUT2D eigenvalue weighted by Crippen LogP contribution is 2.29. The molecule has 1 N–H and O–H groups in total. The normalized spacial score (nSPS) is 11.2. The molecule has 0 heterocycles. The Morgan fingerprint density at radius 1 is 1.07 bits per heavy atom. The lowest BCUT2D eigenvalue weighted by atomic mass is 9.87. The highest BCUT2D eigenvalue weighted by Gasteiger charge is 2.14. The van der Waals surface area contributed by atoms with Crippen LogP contribution < -0.4 is 19.5 Å². The molecule has 0 saturated heterocycles. The molecular weight excluding hydrogens is 368 g/mol. The number of benzene rings is 2. The Balaban J connectivity index is 1.85. The lowest BCUT2D eigenvalue weighted by Gasteiger charge is -2.19. The summed E-state index contributed by atoms with van der Waals surface area (Å²) in [6.45, 7) is 3.51. The van der Waals surface area contributed by atoms with Gasteiger partial charge in [0.05, 0.1) is 7.11 Å². The van der Waals surface area contributed by atoms with Gasteiger partial charge in [-0.3, -0.25) is 4.79 Å². The first kappa shape index (κ1) is 21.5. The van der Waals surface area contributed by atoms with Crippen molar-refractivity contribution >= 4 is 5.91 Å². The number of ether oxygens (including phenoxy) is 3. The third kappa shape index (κ3) is 6.40. The van der Waals surface area contributed by atoms with Crippen LogP contribution in [0.1, 0.15) is 31.9 Å². The molecule has 152 valence electrons. The molecule has 0 aromatic heterocycles. The van der Waals surface area contributed by atoms with Gasteiger partial charge >= 0.3 is 6.61 Å². The van der Waals surface area contributed by atoms with Gasteiger partial charge in [0.15, 0.2) is 18.1 Å². The van der Waals surface area contributed by atoms with Crippen LogP contribution in [0.3, 0.4) is 0 Å². The molecule has 2 aromatic carbocycles. The minimum Gasteiger partial charge on any atom is -0.493 e. The van der Waals surface area contributed by atoms with E-state index in [4.69, 9.17) is 9.47 Å². The maximum atomic E-state index is 12.3. The zero-order valence-electron chi connectivity index (χ0n) is 16.4. The first-order valence-electron chi connectivity index (χ1n) is 8.81.